The Bertz CT molecular complexity index is 715. The molecule has 4 rings (SSSR count). The summed E-state index contributed by atoms with van der Waals surface area (Å²) in [6.07, 6.45) is 10.6. The van der Waals surface area contributed by atoms with Gasteiger partial charge in [0.25, 0.3) is 5.91 Å². The Morgan fingerprint density at radius 1 is 1.12 bits per heavy atom. The van der Waals surface area contributed by atoms with Gasteiger partial charge in [0.05, 0.1) is 6.20 Å². The number of carbonyl (C=O) groups is 1. The zero-order valence-electron chi connectivity index (χ0n) is 14.2. The Hall–Kier alpha value is -1.28. The minimum absolute atomic E-state index is 0. The molecule has 2 aromatic heterocycles. The number of nitrogens with two attached hydrogens (primary N) is 1. The van der Waals surface area contributed by atoms with Gasteiger partial charge < -0.3 is 11.1 Å². The summed E-state index contributed by atoms with van der Waals surface area (Å²) in [5.74, 6) is 1.55. The van der Waals surface area contributed by atoms with Crippen LogP contribution >= 0.6 is 36.2 Å². The fourth-order valence-corrected chi connectivity index (χ4v) is 4.91. The molecule has 26 heavy (non-hydrogen) atoms. The fraction of sp³-hybridized carbons (Fsp3) is 0.529. The van der Waals surface area contributed by atoms with Gasteiger partial charge in [-0.1, -0.05) is 6.42 Å². The maximum atomic E-state index is 12.7. The molecule has 2 fully saturated rings. The summed E-state index contributed by atoms with van der Waals surface area (Å²) in [7, 11) is 0. The molecule has 2 aliphatic rings. The van der Waals surface area contributed by atoms with E-state index in [-0.39, 0.29) is 36.8 Å². The number of halogens is 2. The molecule has 142 valence electrons. The first-order valence-corrected chi connectivity index (χ1v) is 9.32. The number of rotatable bonds is 3. The molecule has 0 saturated heterocycles. The Kier molecular flexibility index (Phi) is 7.34. The first-order valence-electron chi connectivity index (χ1n) is 8.50. The molecule has 6 nitrogen and oxygen atoms in total. The second-order valence-corrected chi connectivity index (χ2v) is 7.81. The highest BCUT2D eigenvalue weighted by Gasteiger charge is 2.40. The number of fused-ring (bicyclic) bond motifs is 2. The van der Waals surface area contributed by atoms with Crippen LogP contribution in [-0.2, 0) is 0 Å². The quantitative estimate of drug-likeness (QED) is 0.802. The third-order valence-corrected chi connectivity index (χ3v) is 6.15. The largest absolute Gasteiger partial charge is 0.348 e. The molecule has 0 aromatic carbocycles. The van der Waals surface area contributed by atoms with Crippen LogP contribution < -0.4 is 11.1 Å². The van der Waals surface area contributed by atoms with E-state index in [0.29, 0.717) is 33.6 Å². The van der Waals surface area contributed by atoms with Crippen molar-refractivity contribution in [2.45, 2.75) is 44.2 Å². The van der Waals surface area contributed by atoms with Crippen molar-refractivity contribution in [1.29, 1.82) is 0 Å². The van der Waals surface area contributed by atoms with Gasteiger partial charge in [0, 0.05) is 24.5 Å². The standard InChI is InChI=1S/C17H21N5OS.2ClH/c18-12-7-10-3-1-4-11(8-12)14(10)22-16(23)13-9-21-17(24-13)15-19-5-2-6-20-15;;/h2,5-6,9-12,14H,1,3-4,7-8,18H2,(H,22,23);2*1H. The van der Waals surface area contributed by atoms with Gasteiger partial charge in [-0.25, -0.2) is 15.0 Å². The van der Waals surface area contributed by atoms with Gasteiger partial charge in [0.1, 0.15) is 4.88 Å². The highest BCUT2D eigenvalue weighted by atomic mass is 35.5. The van der Waals surface area contributed by atoms with Crippen LogP contribution in [0.15, 0.2) is 24.7 Å². The Labute approximate surface area is 169 Å². The van der Waals surface area contributed by atoms with Gasteiger partial charge in [-0.05, 0) is 43.6 Å². The fourth-order valence-electron chi connectivity index (χ4n) is 4.14. The number of thiazole rings is 1. The molecule has 0 spiro atoms. The minimum atomic E-state index is -0.0351. The molecule has 2 bridgehead atoms. The van der Waals surface area contributed by atoms with Crippen LogP contribution in [0.5, 0.6) is 0 Å². The zero-order valence-corrected chi connectivity index (χ0v) is 16.7. The van der Waals surface area contributed by atoms with Crippen molar-refractivity contribution in [3.05, 3.63) is 29.5 Å². The van der Waals surface area contributed by atoms with E-state index in [9.17, 15) is 4.79 Å². The van der Waals surface area contributed by atoms with Crippen LogP contribution in [0.4, 0.5) is 0 Å². The average molecular weight is 416 g/mol. The van der Waals surface area contributed by atoms with E-state index < -0.39 is 0 Å². The maximum Gasteiger partial charge on any atom is 0.263 e. The van der Waals surface area contributed by atoms with Gasteiger partial charge in [0.15, 0.2) is 10.8 Å². The van der Waals surface area contributed by atoms with E-state index in [1.807, 2.05) is 0 Å². The number of amides is 1. The van der Waals surface area contributed by atoms with Crippen LogP contribution in [0, 0.1) is 11.8 Å². The predicted octanol–water partition coefficient (Wildman–Crippen LogP) is 3.08. The first kappa shape index (κ1) is 21.0. The molecule has 2 aromatic rings. The summed E-state index contributed by atoms with van der Waals surface area (Å²) in [5.41, 5.74) is 6.16. The highest BCUT2D eigenvalue weighted by Crippen LogP contribution is 2.39. The van der Waals surface area contributed by atoms with Crippen molar-refractivity contribution >= 4 is 42.1 Å². The lowest BCUT2D eigenvalue weighted by Gasteiger charge is -2.45. The summed E-state index contributed by atoms with van der Waals surface area (Å²) < 4.78 is 0. The summed E-state index contributed by atoms with van der Waals surface area (Å²) in [6.45, 7) is 0. The van der Waals surface area contributed by atoms with Crippen LogP contribution in [0.1, 0.15) is 41.8 Å². The summed E-state index contributed by atoms with van der Waals surface area (Å²) >= 11 is 1.34. The second kappa shape index (κ2) is 9.08. The molecule has 2 atom stereocenters. The third kappa shape index (κ3) is 4.34. The van der Waals surface area contributed by atoms with Crippen LogP contribution in [0.2, 0.25) is 0 Å². The van der Waals surface area contributed by atoms with E-state index in [0.717, 1.165) is 12.8 Å². The van der Waals surface area contributed by atoms with Crippen molar-refractivity contribution < 1.29 is 4.79 Å². The molecular formula is C17H23Cl2N5OS. The Morgan fingerprint density at radius 3 is 2.42 bits per heavy atom. The number of hydrogen-bond donors (Lipinski definition) is 2. The van der Waals surface area contributed by atoms with E-state index in [1.54, 1.807) is 24.7 Å². The molecule has 9 heteroatoms. The Balaban J connectivity index is 0.00000121. The number of hydrogen-bond acceptors (Lipinski definition) is 6. The lowest BCUT2D eigenvalue weighted by atomic mass is 9.67. The molecule has 2 aliphatic carbocycles. The monoisotopic (exact) mass is 415 g/mol. The van der Waals surface area contributed by atoms with Gasteiger partial charge in [-0.2, -0.15) is 0 Å². The van der Waals surface area contributed by atoms with Crippen molar-refractivity contribution in [2.75, 3.05) is 0 Å². The van der Waals surface area contributed by atoms with Crippen molar-refractivity contribution in [2.24, 2.45) is 17.6 Å². The average Bonchev–Trinajstić information content (AvgIpc) is 3.07. The summed E-state index contributed by atoms with van der Waals surface area (Å²) in [4.78, 5) is 25.9. The van der Waals surface area contributed by atoms with Gasteiger partial charge in [0.2, 0.25) is 0 Å². The van der Waals surface area contributed by atoms with Crippen LogP contribution in [-0.4, -0.2) is 32.9 Å². The molecular weight excluding hydrogens is 393 g/mol. The van der Waals surface area contributed by atoms with Crippen molar-refractivity contribution in [1.82, 2.24) is 20.3 Å². The Morgan fingerprint density at radius 2 is 1.77 bits per heavy atom. The second-order valence-electron chi connectivity index (χ2n) is 6.78. The van der Waals surface area contributed by atoms with Gasteiger partial charge in [-0.15, -0.1) is 36.2 Å². The molecule has 1 amide bonds. The zero-order chi connectivity index (χ0) is 16.5. The van der Waals surface area contributed by atoms with E-state index in [2.05, 4.69) is 20.3 Å². The first-order chi connectivity index (χ1) is 11.7. The predicted molar refractivity (Wildman–Crippen MR) is 107 cm³/mol. The third-order valence-electron chi connectivity index (χ3n) is 5.16. The molecule has 0 radical (unpaired) electrons. The molecule has 2 unspecified atom stereocenters. The maximum absolute atomic E-state index is 12.7. The number of aromatic nitrogens is 3. The summed E-state index contributed by atoms with van der Waals surface area (Å²) in [5, 5.41) is 3.93. The summed E-state index contributed by atoms with van der Waals surface area (Å²) in [6, 6.07) is 2.31. The SMILES string of the molecule is Cl.Cl.NC1CC2CCCC(C1)C2NC(=O)c1cnc(-c2ncccn2)s1. The van der Waals surface area contributed by atoms with Gasteiger partial charge in [-0.3, -0.25) is 4.79 Å². The normalized spacial score (nSPS) is 27.0. The topological polar surface area (TPSA) is 93.8 Å². The number of nitrogens with zero attached hydrogens (tertiary/aromatic N) is 3. The highest BCUT2D eigenvalue weighted by molar-refractivity contribution is 7.16. The number of nitrogens with one attached hydrogen (secondary N) is 1. The van der Waals surface area contributed by atoms with Crippen LogP contribution in [0.3, 0.4) is 0 Å². The smallest absolute Gasteiger partial charge is 0.263 e. The molecule has 2 saturated carbocycles. The van der Waals surface area contributed by atoms with Crippen molar-refractivity contribution in [3.8, 4) is 10.8 Å². The molecule has 0 aliphatic heterocycles. The van der Waals surface area contributed by atoms with E-state index >= 15 is 0 Å². The van der Waals surface area contributed by atoms with E-state index in [1.165, 1.54) is 30.6 Å². The molecule has 3 N–H and O–H groups in total. The van der Waals surface area contributed by atoms with E-state index in [4.69, 9.17) is 5.73 Å². The lowest BCUT2D eigenvalue weighted by Crippen LogP contribution is -2.53. The van der Waals surface area contributed by atoms with Crippen molar-refractivity contribution in [3.63, 3.8) is 0 Å². The lowest BCUT2D eigenvalue weighted by molar-refractivity contribution is 0.0759. The molecule has 2 heterocycles. The van der Waals surface area contributed by atoms with Crippen LogP contribution in [0.25, 0.3) is 10.8 Å². The minimum Gasteiger partial charge on any atom is -0.348 e. The number of carbonyl (C=O) groups excluding carboxylic acids is 1. The van der Waals surface area contributed by atoms with Gasteiger partial charge >= 0.3 is 0 Å².